The minimum absolute atomic E-state index is 0.458. The Morgan fingerprint density at radius 3 is 2.04 bits per heavy atom. The smallest absolute Gasteiger partial charge is 0.0613 e. The largest absolute Gasteiger partial charge is 0.378 e. The Hall–Kier alpha value is 0.310. The van der Waals surface area contributed by atoms with Gasteiger partial charge in [0.15, 0.2) is 0 Å². The number of thiol groups is 1. The minimum atomic E-state index is 0.458. The molecule has 1 aliphatic rings. The van der Waals surface area contributed by atoms with Crippen LogP contribution in [0.1, 0.15) is 110 Å². The third-order valence-corrected chi connectivity index (χ3v) is 6.27. The fourth-order valence-electron chi connectivity index (χ4n) is 4.31. The number of hydrogen-bond acceptors (Lipinski definition) is 2. The standard InChI is InChI=1S/C22H44OS/c1-3-5-6-7-8-9-10-14-18-23-22(15-4-2)21(19-24)20-16-12-11-13-17-20/h20-22,24H,3-19H2,1-2H3. The van der Waals surface area contributed by atoms with E-state index in [2.05, 4.69) is 13.8 Å². The number of unbranched alkanes of at least 4 members (excludes halogenated alkanes) is 7. The normalized spacial score (nSPS) is 18.6. The Balaban J connectivity index is 2.19. The van der Waals surface area contributed by atoms with Gasteiger partial charge in [-0.25, -0.2) is 0 Å². The molecule has 24 heavy (non-hydrogen) atoms. The van der Waals surface area contributed by atoms with Gasteiger partial charge in [-0.3, -0.25) is 0 Å². The van der Waals surface area contributed by atoms with Gasteiger partial charge in [-0.1, -0.05) is 97.3 Å². The lowest BCUT2D eigenvalue weighted by Crippen LogP contribution is -2.33. The molecule has 0 spiro atoms. The average Bonchev–Trinajstić information content (AvgIpc) is 2.62. The molecule has 1 nitrogen and oxygen atoms in total. The van der Waals surface area contributed by atoms with Gasteiger partial charge >= 0.3 is 0 Å². The van der Waals surface area contributed by atoms with Crippen LogP contribution in [0.5, 0.6) is 0 Å². The minimum Gasteiger partial charge on any atom is -0.378 e. The number of ether oxygens (including phenoxy) is 1. The van der Waals surface area contributed by atoms with Crippen LogP contribution in [0, 0.1) is 11.8 Å². The van der Waals surface area contributed by atoms with Crippen LogP contribution in [0.2, 0.25) is 0 Å². The summed E-state index contributed by atoms with van der Waals surface area (Å²) < 4.78 is 6.39. The fraction of sp³-hybridized carbons (Fsp3) is 1.00. The van der Waals surface area contributed by atoms with Crippen LogP contribution in [0.3, 0.4) is 0 Å². The molecule has 0 saturated heterocycles. The molecule has 2 atom stereocenters. The Morgan fingerprint density at radius 2 is 1.46 bits per heavy atom. The van der Waals surface area contributed by atoms with Gasteiger partial charge in [-0.15, -0.1) is 0 Å². The molecule has 2 heteroatoms. The quantitative estimate of drug-likeness (QED) is 0.237. The average molecular weight is 357 g/mol. The second kappa shape index (κ2) is 15.6. The molecule has 1 saturated carbocycles. The first-order valence-electron chi connectivity index (χ1n) is 11.1. The summed E-state index contributed by atoms with van der Waals surface area (Å²) in [5, 5.41) is 0. The van der Waals surface area contributed by atoms with E-state index in [0.717, 1.165) is 18.3 Å². The first-order valence-corrected chi connectivity index (χ1v) is 11.7. The summed E-state index contributed by atoms with van der Waals surface area (Å²) in [4.78, 5) is 0. The first kappa shape index (κ1) is 22.4. The highest BCUT2D eigenvalue weighted by Crippen LogP contribution is 2.34. The van der Waals surface area contributed by atoms with Gasteiger partial charge in [0.05, 0.1) is 6.10 Å². The van der Waals surface area contributed by atoms with Crippen LogP contribution in [0.15, 0.2) is 0 Å². The molecule has 0 amide bonds. The summed E-state index contributed by atoms with van der Waals surface area (Å²) in [6.45, 7) is 5.55. The topological polar surface area (TPSA) is 9.23 Å². The Labute approximate surface area is 158 Å². The van der Waals surface area contributed by atoms with Crippen molar-refractivity contribution in [3.63, 3.8) is 0 Å². The summed E-state index contributed by atoms with van der Waals surface area (Å²) in [5.41, 5.74) is 0. The molecule has 0 aromatic rings. The van der Waals surface area contributed by atoms with E-state index in [4.69, 9.17) is 17.4 Å². The molecule has 144 valence electrons. The van der Waals surface area contributed by atoms with Gasteiger partial charge in [0.25, 0.3) is 0 Å². The summed E-state index contributed by atoms with van der Waals surface area (Å²) in [6, 6.07) is 0. The van der Waals surface area contributed by atoms with Gasteiger partial charge in [-0.05, 0) is 30.4 Å². The van der Waals surface area contributed by atoms with Crippen LogP contribution in [0.25, 0.3) is 0 Å². The Morgan fingerprint density at radius 1 is 0.833 bits per heavy atom. The Kier molecular flexibility index (Phi) is 14.5. The molecular weight excluding hydrogens is 312 g/mol. The third kappa shape index (κ3) is 9.70. The van der Waals surface area contributed by atoms with Gasteiger partial charge in [-0.2, -0.15) is 12.6 Å². The second-order valence-corrected chi connectivity index (χ2v) is 8.28. The molecule has 1 fully saturated rings. The van der Waals surface area contributed by atoms with Crippen molar-refractivity contribution in [2.45, 2.75) is 116 Å². The number of hydrogen-bond donors (Lipinski definition) is 1. The van der Waals surface area contributed by atoms with Crippen LogP contribution in [-0.2, 0) is 4.74 Å². The molecule has 0 bridgehead atoms. The van der Waals surface area contributed by atoms with E-state index in [1.54, 1.807) is 0 Å². The van der Waals surface area contributed by atoms with Crippen LogP contribution >= 0.6 is 12.6 Å². The van der Waals surface area contributed by atoms with Crippen molar-refractivity contribution >= 4 is 12.6 Å². The summed E-state index contributed by atoms with van der Waals surface area (Å²) >= 11 is 4.70. The maximum Gasteiger partial charge on any atom is 0.0613 e. The van der Waals surface area contributed by atoms with E-state index in [-0.39, 0.29) is 0 Å². The van der Waals surface area contributed by atoms with E-state index in [1.165, 1.54) is 96.3 Å². The molecule has 0 N–H and O–H groups in total. The lowest BCUT2D eigenvalue weighted by atomic mass is 9.77. The molecule has 0 aliphatic heterocycles. The van der Waals surface area contributed by atoms with Gasteiger partial charge < -0.3 is 4.74 Å². The van der Waals surface area contributed by atoms with Crippen LogP contribution < -0.4 is 0 Å². The molecule has 1 rings (SSSR count). The third-order valence-electron chi connectivity index (χ3n) is 5.85. The zero-order valence-corrected chi connectivity index (χ0v) is 17.5. The predicted octanol–water partition coefficient (Wildman–Crippen LogP) is 7.44. The van der Waals surface area contributed by atoms with E-state index < -0.39 is 0 Å². The molecule has 0 heterocycles. The van der Waals surface area contributed by atoms with E-state index >= 15 is 0 Å². The van der Waals surface area contributed by atoms with Crippen LogP contribution in [0.4, 0.5) is 0 Å². The van der Waals surface area contributed by atoms with Crippen molar-refractivity contribution in [2.24, 2.45) is 11.8 Å². The van der Waals surface area contributed by atoms with Crippen LogP contribution in [-0.4, -0.2) is 18.5 Å². The highest BCUT2D eigenvalue weighted by atomic mass is 32.1. The summed E-state index contributed by atoms with van der Waals surface area (Å²) in [6.07, 6.45) is 21.0. The van der Waals surface area contributed by atoms with Crippen molar-refractivity contribution in [1.82, 2.24) is 0 Å². The van der Waals surface area contributed by atoms with Gasteiger partial charge in [0.1, 0.15) is 0 Å². The SMILES string of the molecule is CCCCCCCCCCOC(CCC)C(CS)C1CCCCC1. The maximum atomic E-state index is 6.39. The van der Waals surface area contributed by atoms with Gasteiger partial charge in [0.2, 0.25) is 0 Å². The Bertz CT molecular complexity index is 263. The molecule has 0 aromatic carbocycles. The molecular formula is C22H44OS. The molecule has 0 aromatic heterocycles. The van der Waals surface area contributed by atoms with E-state index in [1.807, 2.05) is 0 Å². The van der Waals surface area contributed by atoms with Gasteiger partial charge in [0, 0.05) is 6.61 Å². The highest BCUT2D eigenvalue weighted by molar-refractivity contribution is 7.80. The molecule has 1 aliphatic carbocycles. The van der Waals surface area contributed by atoms with Crippen molar-refractivity contribution in [3.8, 4) is 0 Å². The monoisotopic (exact) mass is 356 g/mol. The van der Waals surface area contributed by atoms with E-state index in [0.29, 0.717) is 12.0 Å². The lowest BCUT2D eigenvalue weighted by molar-refractivity contribution is -0.0123. The highest BCUT2D eigenvalue weighted by Gasteiger charge is 2.29. The fourth-order valence-corrected chi connectivity index (χ4v) is 4.84. The first-order chi connectivity index (χ1) is 11.8. The van der Waals surface area contributed by atoms with Crippen molar-refractivity contribution in [3.05, 3.63) is 0 Å². The van der Waals surface area contributed by atoms with E-state index in [9.17, 15) is 0 Å². The maximum absolute atomic E-state index is 6.39. The zero-order chi connectivity index (χ0) is 17.5. The van der Waals surface area contributed by atoms with Crippen molar-refractivity contribution < 1.29 is 4.74 Å². The summed E-state index contributed by atoms with van der Waals surface area (Å²) in [7, 11) is 0. The molecule has 0 radical (unpaired) electrons. The second-order valence-electron chi connectivity index (χ2n) is 7.92. The zero-order valence-electron chi connectivity index (χ0n) is 16.6. The predicted molar refractivity (Wildman–Crippen MR) is 111 cm³/mol. The van der Waals surface area contributed by atoms with Crippen molar-refractivity contribution in [2.75, 3.05) is 12.4 Å². The lowest BCUT2D eigenvalue weighted by Gasteiger charge is -2.35. The number of rotatable bonds is 15. The summed E-state index contributed by atoms with van der Waals surface area (Å²) in [5.74, 6) is 2.56. The van der Waals surface area contributed by atoms with Crippen molar-refractivity contribution in [1.29, 1.82) is 0 Å². The molecule has 2 unspecified atom stereocenters.